The van der Waals surface area contributed by atoms with Gasteiger partial charge in [0.15, 0.2) is 0 Å². The second-order valence-electron chi connectivity index (χ2n) is 5.12. The normalized spacial score (nSPS) is 10.7. The maximum atomic E-state index is 14.1. The number of aliphatic hydroxyl groups is 1. The van der Waals surface area contributed by atoms with Crippen LogP contribution in [-0.4, -0.2) is 32.0 Å². The lowest BCUT2D eigenvalue weighted by atomic mass is 10.0. The Morgan fingerprint density at radius 1 is 1.09 bits per heavy atom. The molecule has 2 aromatic carbocycles. The molecule has 0 aromatic heterocycles. The van der Waals surface area contributed by atoms with Crippen molar-refractivity contribution < 1.29 is 19.0 Å². The Balaban J connectivity index is 2.34. The average Bonchev–Trinajstić information content (AvgIpc) is 2.49. The van der Waals surface area contributed by atoms with Crippen LogP contribution in [0.1, 0.15) is 11.1 Å². The number of halogens is 1. The maximum absolute atomic E-state index is 14.1. The molecule has 0 amide bonds. The smallest absolute Gasteiger partial charge is 0.131 e. The first-order chi connectivity index (χ1) is 10.7. The van der Waals surface area contributed by atoms with Gasteiger partial charge in [-0.3, -0.25) is 0 Å². The van der Waals surface area contributed by atoms with Crippen LogP contribution < -0.4 is 4.74 Å². The van der Waals surface area contributed by atoms with Gasteiger partial charge in [-0.2, -0.15) is 0 Å². The third kappa shape index (κ3) is 4.06. The summed E-state index contributed by atoms with van der Waals surface area (Å²) in [5.41, 5.74) is 3.08. The zero-order chi connectivity index (χ0) is 15.9. The third-order valence-corrected chi connectivity index (χ3v) is 3.43. The Morgan fingerprint density at radius 3 is 2.59 bits per heavy atom. The Labute approximate surface area is 130 Å². The molecule has 2 aromatic rings. The van der Waals surface area contributed by atoms with E-state index in [4.69, 9.17) is 14.6 Å². The van der Waals surface area contributed by atoms with Crippen molar-refractivity contribution in [2.75, 3.05) is 26.9 Å². The molecule has 0 radical (unpaired) electrons. The van der Waals surface area contributed by atoms with Gasteiger partial charge in [-0.25, -0.2) is 4.39 Å². The zero-order valence-electron chi connectivity index (χ0n) is 12.9. The van der Waals surface area contributed by atoms with E-state index in [0.29, 0.717) is 30.9 Å². The molecule has 22 heavy (non-hydrogen) atoms. The topological polar surface area (TPSA) is 38.7 Å². The molecule has 0 aliphatic heterocycles. The van der Waals surface area contributed by atoms with Gasteiger partial charge in [0.25, 0.3) is 0 Å². The summed E-state index contributed by atoms with van der Waals surface area (Å²) in [6.45, 7) is 2.78. The number of hydrogen-bond donors (Lipinski definition) is 1. The SMILES string of the molecule is COCCOc1cc(-c2ccc(C)cc2F)ccc1CCO. The largest absolute Gasteiger partial charge is 0.491 e. The van der Waals surface area contributed by atoms with Crippen molar-refractivity contribution in [1.82, 2.24) is 0 Å². The molecule has 0 aliphatic carbocycles. The lowest BCUT2D eigenvalue weighted by molar-refractivity contribution is 0.145. The zero-order valence-corrected chi connectivity index (χ0v) is 12.9. The predicted octanol–water partition coefficient (Wildman–Crippen LogP) is 3.36. The van der Waals surface area contributed by atoms with E-state index < -0.39 is 0 Å². The fourth-order valence-electron chi connectivity index (χ4n) is 2.27. The molecule has 118 valence electrons. The molecule has 0 fully saturated rings. The van der Waals surface area contributed by atoms with Crippen molar-refractivity contribution in [3.63, 3.8) is 0 Å². The van der Waals surface area contributed by atoms with Gasteiger partial charge in [0.05, 0.1) is 6.61 Å². The van der Waals surface area contributed by atoms with Gasteiger partial charge in [-0.15, -0.1) is 0 Å². The van der Waals surface area contributed by atoms with Gasteiger partial charge < -0.3 is 14.6 Å². The van der Waals surface area contributed by atoms with E-state index in [9.17, 15) is 4.39 Å². The molecule has 0 atom stereocenters. The molecule has 0 unspecified atom stereocenters. The minimum atomic E-state index is -0.252. The highest BCUT2D eigenvalue weighted by Crippen LogP contribution is 2.30. The van der Waals surface area contributed by atoms with E-state index in [0.717, 1.165) is 16.7 Å². The molecule has 3 nitrogen and oxygen atoms in total. The van der Waals surface area contributed by atoms with Gasteiger partial charge in [0.2, 0.25) is 0 Å². The Bertz CT molecular complexity index is 626. The molecule has 0 aliphatic rings. The van der Waals surface area contributed by atoms with Crippen molar-refractivity contribution in [2.45, 2.75) is 13.3 Å². The molecular formula is C18H21FO3. The highest BCUT2D eigenvalue weighted by Gasteiger charge is 2.10. The quantitative estimate of drug-likeness (QED) is 0.797. The van der Waals surface area contributed by atoms with Crippen molar-refractivity contribution in [3.8, 4) is 16.9 Å². The van der Waals surface area contributed by atoms with Crippen LogP contribution in [0, 0.1) is 12.7 Å². The van der Waals surface area contributed by atoms with Crippen LogP contribution in [0.5, 0.6) is 5.75 Å². The van der Waals surface area contributed by atoms with E-state index in [-0.39, 0.29) is 12.4 Å². The lowest BCUT2D eigenvalue weighted by Crippen LogP contribution is -2.07. The predicted molar refractivity (Wildman–Crippen MR) is 84.7 cm³/mol. The standard InChI is InChI=1S/C18H21FO3/c1-13-3-6-16(17(19)11-13)15-5-4-14(7-8-20)18(12-15)22-10-9-21-2/h3-6,11-12,20H,7-10H2,1-2H3. The van der Waals surface area contributed by atoms with Crippen LogP contribution >= 0.6 is 0 Å². The number of methoxy groups -OCH3 is 1. The maximum Gasteiger partial charge on any atom is 0.131 e. The van der Waals surface area contributed by atoms with Crippen LogP contribution in [0.15, 0.2) is 36.4 Å². The third-order valence-electron chi connectivity index (χ3n) is 3.43. The van der Waals surface area contributed by atoms with Crippen LogP contribution in [0.4, 0.5) is 4.39 Å². The van der Waals surface area contributed by atoms with Crippen LogP contribution in [0.3, 0.4) is 0 Å². The molecule has 0 saturated carbocycles. The number of aryl methyl sites for hydroxylation is 1. The summed E-state index contributed by atoms with van der Waals surface area (Å²) in [6.07, 6.45) is 0.499. The summed E-state index contributed by atoms with van der Waals surface area (Å²) < 4.78 is 24.8. The van der Waals surface area contributed by atoms with Gasteiger partial charge in [-0.1, -0.05) is 24.3 Å². The van der Waals surface area contributed by atoms with Gasteiger partial charge >= 0.3 is 0 Å². The fourth-order valence-corrected chi connectivity index (χ4v) is 2.27. The van der Waals surface area contributed by atoms with E-state index >= 15 is 0 Å². The molecule has 0 bridgehead atoms. The van der Waals surface area contributed by atoms with Gasteiger partial charge in [0, 0.05) is 19.3 Å². The molecular weight excluding hydrogens is 283 g/mol. The second-order valence-corrected chi connectivity index (χ2v) is 5.12. The van der Waals surface area contributed by atoms with Crippen LogP contribution in [0.2, 0.25) is 0 Å². The number of aliphatic hydroxyl groups excluding tert-OH is 1. The molecule has 0 saturated heterocycles. The minimum absolute atomic E-state index is 0.0406. The first-order valence-electron chi connectivity index (χ1n) is 7.27. The Kier molecular flexibility index (Phi) is 5.92. The molecule has 0 spiro atoms. The minimum Gasteiger partial charge on any atom is -0.491 e. The van der Waals surface area contributed by atoms with Crippen LogP contribution in [0.25, 0.3) is 11.1 Å². The van der Waals surface area contributed by atoms with Crippen molar-refractivity contribution in [1.29, 1.82) is 0 Å². The average molecular weight is 304 g/mol. The van der Waals surface area contributed by atoms with Gasteiger partial charge in [0.1, 0.15) is 18.2 Å². The van der Waals surface area contributed by atoms with Crippen molar-refractivity contribution in [2.24, 2.45) is 0 Å². The summed E-state index contributed by atoms with van der Waals surface area (Å²) in [5, 5.41) is 9.14. The highest BCUT2D eigenvalue weighted by atomic mass is 19.1. The first kappa shape index (κ1) is 16.5. The summed E-state index contributed by atoms with van der Waals surface area (Å²) in [5.74, 6) is 0.404. The summed E-state index contributed by atoms with van der Waals surface area (Å²) in [4.78, 5) is 0. The Morgan fingerprint density at radius 2 is 1.91 bits per heavy atom. The molecule has 0 heterocycles. The Hall–Kier alpha value is -1.91. The van der Waals surface area contributed by atoms with E-state index in [1.807, 2.05) is 31.2 Å². The fraction of sp³-hybridized carbons (Fsp3) is 0.333. The van der Waals surface area contributed by atoms with Crippen molar-refractivity contribution in [3.05, 3.63) is 53.3 Å². The second kappa shape index (κ2) is 7.92. The summed E-state index contributed by atoms with van der Waals surface area (Å²) >= 11 is 0. The lowest BCUT2D eigenvalue weighted by Gasteiger charge is -2.13. The highest BCUT2D eigenvalue weighted by molar-refractivity contribution is 5.67. The molecule has 2 rings (SSSR count). The summed E-state index contributed by atoms with van der Waals surface area (Å²) in [6, 6.07) is 10.7. The summed E-state index contributed by atoms with van der Waals surface area (Å²) in [7, 11) is 1.61. The monoisotopic (exact) mass is 304 g/mol. The first-order valence-corrected chi connectivity index (χ1v) is 7.27. The van der Waals surface area contributed by atoms with Crippen LogP contribution in [-0.2, 0) is 11.2 Å². The van der Waals surface area contributed by atoms with E-state index in [1.165, 1.54) is 6.07 Å². The van der Waals surface area contributed by atoms with Gasteiger partial charge in [-0.05, 0) is 42.2 Å². The molecule has 1 N–H and O–H groups in total. The van der Waals surface area contributed by atoms with Crippen molar-refractivity contribution >= 4 is 0 Å². The molecule has 4 heteroatoms. The number of hydrogen-bond acceptors (Lipinski definition) is 3. The van der Waals surface area contributed by atoms with E-state index in [1.54, 1.807) is 13.2 Å². The van der Waals surface area contributed by atoms with E-state index in [2.05, 4.69) is 0 Å². The number of benzene rings is 2. The number of ether oxygens (including phenoxy) is 2. The number of rotatable bonds is 7.